The molecule has 1 unspecified atom stereocenters. The summed E-state index contributed by atoms with van der Waals surface area (Å²) in [6.45, 7) is 6.03. The number of rotatable bonds is 11. The number of unbranched alkanes of at least 4 members (excludes halogenated alkanes) is 3. The molecule has 0 saturated heterocycles. The maximum Gasteiger partial charge on any atom is 0.331 e. The lowest BCUT2D eigenvalue weighted by Crippen LogP contribution is -2.36. The van der Waals surface area contributed by atoms with Gasteiger partial charge in [-0.2, -0.15) is 5.26 Å². The Morgan fingerprint density at radius 1 is 1.03 bits per heavy atom. The predicted octanol–water partition coefficient (Wildman–Crippen LogP) is 6.09. The van der Waals surface area contributed by atoms with Crippen LogP contribution >= 0.6 is 0 Å². The lowest BCUT2D eigenvalue weighted by Gasteiger charge is -2.27. The number of hydrogen-bond acceptors (Lipinski definition) is 5. The van der Waals surface area contributed by atoms with E-state index in [-0.39, 0.29) is 6.61 Å². The molecule has 5 nitrogen and oxygen atoms in total. The first-order valence-corrected chi connectivity index (χ1v) is 10.5. The van der Waals surface area contributed by atoms with Gasteiger partial charge in [-0.15, -0.1) is 0 Å². The number of ether oxygens (including phenoxy) is 3. The van der Waals surface area contributed by atoms with Crippen LogP contribution in [0.5, 0.6) is 17.2 Å². The van der Waals surface area contributed by atoms with Crippen molar-refractivity contribution < 1.29 is 19.0 Å². The van der Waals surface area contributed by atoms with E-state index in [0.29, 0.717) is 29.2 Å². The number of carbonyl (C=O) groups excluding carboxylic acids is 1. The van der Waals surface area contributed by atoms with E-state index in [0.717, 1.165) is 31.2 Å². The van der Waals surface area contributed by atoms with Crippen molar-refractivity contribution in [2.75, 3.05) is 13.7 Å². The molecule has 160 valence electrons. The van der Waals surface area contributed by atoms with Crippen molar-refractivity contribution in [1.82, 2.24) is 0 Å². The smallest absolute Gasteiger partial charge is 0.331 e. The van der Waals surface area contributed by atoms with Gasteiger partial charge in [-0.05, 0) is 38.0 Å². The molecule has 0 aromatic heterocycles. The van der Waals surface area contributed by atoms with Gasteiger partial charge < -0.3 is 14.2 Å². The molecule has 2 rings (SSSR count). The Hall–Kier alpha value is -3.00. The lowest BCUT2D eigenvalue weighted by molar-refractivity contribution is -0.148. The minimum Gasteiger partial charge on any atom is -0.492 e. The van der Waals surface area contributed by atoms with Crippen molar-refractivity contribution in [2.45, 2.75) is 58.3 Å². The maximum absolute atomic E-state index is 13.0. The lowest BCUT2D eigenvalue weighted by atomic mass is 9.76. The molecule has 0 N–H and O–H groups in total. The maximum atomic E-state index is 13.0. The minimum atomic E-state index is -1.44. The van der Waals surface area contributed by atoms with E-state index >= 15 is 0 Å². The van der Waals surface area contributed by atoms with Gasteiger partial charge in [-0.3, -0.25) is 0 Å². The standard InChI is InChI=1S/C25H31NO4/c1-5-7-8-11-17-25(18-26,24(27)29-6-2)20-14-12-16-22(23(20)28-4)30-21-15-10-9-13-19(21)3/h9-10,12-16H,5-8,11,17H2,1-4H3. The zero-order valence-electron chi connectivity index (χ0n) is 18.4. The summed E-state index contributed by atoms with van der Waals surface area (Å²) in [6, 6.07) is 15.2. The van der Waals surface area contributed by atoms with Crippen LogP contribution in [0.15, 0.2) is 42.5 Å². The number of methoxy groups -OCH3 is 1. The van der Waals surface area contributed by atoms with Gasteiger partial charge in [0.25, 0.3) is 0 Å². The molecule has 0 bridgehead atoms. The highest BCUT2D eigenvalue weighted by molar-refractivity contribution is 5.88. The van der Waals surface area contributed by atoms with Gasteiger partial charge in [0.2, 0.25) is 0 Å². The van der Waals surface area contributed by atoms with Crippen molar-refractivity contribution >= 4 is 5.97 Å². The van der Waals surface area contributed by atoms with Crippen molar-refractivity contribution in [2.24, 2.45) is 0 Å². The number of hydrogen-bond donors (Lipinski definition) is 0. The average molecular weight is 410 g/mol. The van der Waals surface area contributed by atoms with Crippen LogP contribution in [-0.2, 0) is 14.9 Å². The molecule has 1 atom stereocenters. The van der Waals surface area contributed by atoms with Crippen molar-refractivity contribution in [3.63, 3.8) is 0 Å². The highest BCUT2D eigenvalue weighted by Gasteiger charge is 2.44. The number of aryl methyl sites for hydroxylation is 1. The predicted molar refractivity (Wildman–Crippen MR) is 117 cm³/mol. The Balaban J connectivity index is 2.53. The number of carbonyl (C=O) groups is 1. The molecule has 2 aromatic rings. The molecule has 2 aromatic carbocycles. The molecule has 0 aliphatic carbocycles. The number of nitriles is 1. The van der Waals surface area contributed by atoms with Gasteiger partial charge in [0.1, 0.15) is 5.75 Å². The van der Waals surface area contributed by atoms with E-state index in [1.807, 2.05) is 31.2 Å². The Morgan fingerprint density at radius 2 is 1.77 bits per heavy atom. The van der Waals surface area contributed by atoms with Crippen molar-refractivity contribution in [3.05, 3.63) is 53.6 Å². The van der Waals surface area contributed by atoms with Crippen LogP contribution in [0.4, 0.5) is 0 Å². The van der Waals surface area contributed by atoms with Crippen LogP contribution in [-0.4, -0.2) is 19.7 Å². The number of esters is 1. The quantitative estimate of drug-likeness (QED) is 0.332. The highest BCUT2D eigenvalue weighted by Crippen LogP contribution is 2.43. The first-order chi connectivity index (χ1) is 14.5. The topological polar surface area (TPSA) is 68.6 Å². The second-order valence-electron chi connectivity index (χ2n) is 7.25. The summed E-state index contributed by atoms with van der Waals surface area (Å²) in [7, 11) is 1.52. The molecular weight excluding hydrogens is 378 g/mol. The van der Waals surface area contributed by atoms with Gasteiger partial charge in [-0.25, -0.2) is 4.79 Å². The number of benzene rings is 2. The van der Waals surface area contributed by atoms with Crippen LogP contribution in [0.3, 0.4) is 0 Å². The molecule has 0 fully saturated rings. The highest BCUT2D eigenvalue weighted by atomic mass is 16.5. The molecule has 0 radical (unpaired) electrons. The number of nitrogens with zero attached hydrogens (tertiary/aromatic N) is 1. The van der Waals surface area contributed by atoms with E-state index in [4.69, 9.17) is 14.2 Å². The molecule has 0 aliphatic heterocycles. The fraction of sp³-hybridized carbons (Fsp3) is 0.440. The van der Waals surface area contributed by atoms with Crippen LogP contribution in [0.2, 0.25) is 0 Å². The Kier molecular flexibility index (Phi) is 8.73. The third kappa shape index (κ3) is 5.13. The third-order valence-electron chi connectivity index (χ3n) is 5.18. The van der Waals surface area contributed by atoms with Crippen molar-refractivity contribution in [1.29, 1.82) is 5.26 Å². The molecule has 0 saturated carbocycles. The summed E-state index contributed by atoms with van der Waals surface area (Å²) in [6.07, 6.45) is 4.18. The van der Waals surface area contributed by atoms with Crippen molar-refractivity contribution in [3.8, 4) is 23.3 Å². The summed E-state index contributed by atoms with van der Waals surface area (Å²) < 4.78 is 17.1. The zero-order valence-corrected chi connectivity index (χ0v) is 18.4. The van der Waals surface area contributed by atoms with E-state index in [1.54, 1.807) is 25.1 Å². The molecule has 0 aliphatic rings. The Labute approximate surface area is 179 Å². The Morgan fingerprint density at radius 3 is 2.40 bits per heavy atom. The fourth-order valence-corrected chi connectivity index (χ4v) is 3.51. The first-order valence-electron chi connectivity index (χ1n) is 10.5. The zero-order chi connectivity index (χ0) is 22.0. The molecule has 0 amide bonds. The number of para-hydroxylation sites is 2. The second kappa shape index (κ2) is 11.3. The first kappa shape index (κ1) is 23.3. The molecule has 5 heteroatoms. The summed E-state index contributed by atoms with van der Waals surface area (Å²) in [5.41, 5.74) is 0.00945. The molecule has 30 heavy (non-hydrogen) atoms. The fourth-order valence-electron chi connectivity index (χ4n) is 3.51. The van der Waals surface area contributed by atoms with E-state index in [2.05, 4.69) is 13.0 Å². The SMILES string of the molecule is CCCCCCC(C#N)(C(=O)OCC)c1cccc(Oc2ccccc2C)c1OC. The van der Waals surface area contributed by atoms with Gasteiger partial charge in [0.05, 0.1) is 19.8 Å². The summed E-state index contributed by atoms with van der Waals surface area (Å²) in [5, 5.41) is 10.2. The van der Waals surface area contributed by atoms with Gasteiger partial charge in [0, 0.05) is 5.56 Å². The van der Waals surface area contributed by atoms with Crippen LogP contribution < -0.4 is 9.47 Å². The summed E-state index contributed by atoms with van der Waals surface area (Å²) >= 11 is 0. The van der Waals surface area contributed by atoms with E-state index in [9.17, 15) is 10.1 Å². The molecule has 0 heterocycles. The normalized spacial score (nSPS) is 12.5. The third-order valence-corrected chi connectivity index (χ3v) is 5.18. The second-order valence-corrected chi connectivity index (χ2v) is 7.25. The van der Waals surface area contributed by atoms with E-state index in [1.165, 1.54) is 7.11 Å². The van der Waals surface area contributed by atoms with Gasteiger partial charge >= 0.3 is 5.97 Å². The monoisotopic (exact) mass is 409 g/mol. The van der Waals surface area contributed by atoms with Gasteiger partial charge in [0.15, 0.2) is 16.9 Å². The van der Waals surface area contributed by atoms with Gasteiger partial charge in [-0.1, -0.05) is 62.9 Å². The summed E-state index contributed by atoms with van der Waals surface area (Å²) in [4.78, 5) is 13.0. The van der Waals surface area contributed by atoms with Crippen LogP contribution in [0.1, 0.15) is 57.1 Å². The van der Waals surface area contributed by atoms with Crippen LogP contribution in [0.25, 0.3) is 0 Å². The minimum absolute atomic E-state index is 0.207. The molecular formula is C25H31NO4. The average Bonchev–Trinajstić information content (AvgIpc) is 2.76. The summed E-state index contributed by atoms with van der Waals surface area (Å²) in [5.74, 6) is 0.984. The van der Waals surface area contributed by atoms with E-state index < -0.39 is 11.4 Å². The Bertz CT molecular complexity index is 887. The molecule has 0 spiro atoms. The largest absolute Gasteiger partial charge is 0.492 e. The van der Waals surface area contributed by atoms with Crippen LogP contribution in [0, 0.1) is 18.3 Å².